The van der Waals surface area contributed by atoms with Gasteiger partial charge in [0.25, 0.3) is 11.5 Å². The molecule has 4 aromatic rings. The molecule has 1 aliphatic heterocycles. The average molecular weight is 433 g/mol. The van der Waals surface area contributed by atoms with E-state index in [1.807, 2.05) is 13.0 Å². The summed E-state index contributed by atoms with van der Waals surface area (Å²) in [4.78, 5) is 31.0. The largest absolute Gasteiger partial charge is 0.467 e. The summed E-state index contributed by atoms with van der Waals surface area (Å²) in [6.45, 7) is 3.12. The molecule has 0 aliphatic carbocycles. The van der Waals surface area contributed by atoms with Crippen LogP contribution in [-0.4, -0.2) is 39.1 Å². The van der Waals surface area contributed by atoms with Crippen molar-refractivity contribution in [1.82, 2.24) is 19.3 Å². The summed E-state index contributed by atoms with van der Waals surface area (Å²) in [6.07, 6.45) is 5.09. The van der Waals surface area contributed by atoms with Crippen LogP contribution < -0.4 is 16.4 Å². The number of furan rings is 1. The molecule has 4 aromatic heterocycles. The number of fused-ring (bicyclic) bond motifs is 2. The Balaban J connectivity index is 1.68. The molecule has 0 saturated carbocycles. The highest BCUT2D eigenvalue weighted by Crippen LogP contribution is 2.14. The molecule has 1 amide bonds. The molecule has 9 heteroatoms. The molecule has 5 heterocycles. The lowest BCUT2D eigenvalue weighted by Crippen LogP contribution is -2.38. The fourth-order valence-corrected chi connectivity index (χ4v) is 4.04. The van der Waals surface area contributed by atoms with Crippen molar-refractivity contribution in [1.29, 1.82) is 5.41 Å². The molecule has 0 radical (unpaired) electrons. The van der Waals surface area contributed by atoms with E-state index in [0.717, 1.165) is 18.4 Å². The first-order chi connectivity index (χ1) is 15.5. The van der Waals surface area contributed by atoms with Gasteiger partial charge in [-0.2, -0.15) is 0 Å². The van der Waals surface area contributed by atoms with E-state index >= 15 is 0 Å². The van der Waals surface area contributed by atoms with Gasteiger partial charge in [0.15, 0.2) is 0 Å². The number of rotatable bonds is 5. The normalized spacial score (nSPS) is 16.1. The van der Waals surface area contributed by atoms with Crippen LogP contribution in [-0.2, 0) is 11.3 Å². The minimum absolute atomic E-state index is 0.0250. The molecular weight excluding hydrogens is 410 g/mol. The van der Waals surface area contributed by atoms with Gasteiger partial charge in [0.1, 0.15) is 22.5 Å². The van der Waals surface area contributed by atoms with E-state index < -0.39 is 5.91 Å². The van der Waals surface area contributed by atoms with Crippen LogP contribution in [0, 0.1) is 12.3 Å². The van der Waals surface area contributed by atoms with Crippen molar-refractivity contribution in [3.8, 4) is 0 Å². The molecular formula is C23H23N5O4. The van der Waals surface area contributed by atoms with Crippen molar-refractivity contribution in [2.45, 2.75) is 32.4 Å². The zero-order valence-corrected chi connectivity index (χ0v) is 17.6. The summed E-state index contributed by atoms with van der Waals surface area (Å²) in [5, 5.41) is 11.9. The minimum Gasteiger partial charge on any atom is -0.467 e. The van der Waals surface area contributed by atoms with E-state index in [4.69, 9.17) is 14.6 Å². The highest BCUT2D eigenvalue weighted by atomic mass is 16.5. The lowest BCUT2D eigenvalue weighted by atomic mass is 10.1. The molecule has 5 rings (SSSR count). The van der Waals surface area contributed by atoms with E-state index in [9.17, 15) is 9.59 Å². The van der Waals surface area contributed by atoms with Gasteiger partial charge in [-0.15, -0.1) is 0 Å². The topological polar surface area (TPSA) is 115 Å². The first kappa shape index (κ1) is 20.2. The van der Waals surface area contributed by atoms with Gasteiger partial charge in [0.2, 0.25) is 0 Å². The van der Waals surface area contributed by atoms with Crippen LogP contribution in [0.5, 0.6) is 0 Å². The highest BCUT2D eigenvalue weighted by Gasteiger charge is 2.21. The zero-order chi connectivity index (χ0) is 22.2. The lowest BCUT2D eigenvalue weighted by molar-refractivity contribution is 0.0856. The van der Waals surface area contributed by atoms with Gasteiger partial charge >= 0.3 is 0 Å². The number of aromatic nitrogens is 3. The smallest absolute Gasteiger partial charge is 0.267 e. The van der Waals surface area contributed by atoms with E-state index in [1.165, 1.54) is 15.0 Å². The molecule has 0 bridgehead atoms. The Bertz CT molecular complexity index is 1430. The number of carbonyl (C=O) groups is 1. The van der Waals surface area contributed by atoms with Crippen LogP contribution in [0.1, 0.15) is 34.5 Å². The monoisotopic (exact) mass is 433 g/mol. The summed E-state index contributed by atoms with van der Waals surface area (Å²) in [5.74, 6) is 0.168. The Morgan fingerprint density at radius 1 is 1.34 bits per heavy atom. The van der Waals surface area contributed by atoms with Crippen molar-refractivity contribution in [2.24, 2.45) is 0 Å². The summed E-state index contributed by atoms with van der Waals surface area (Å²) in [6, 6.07) is 8.63. The predicted octanol–water partition coefficient (Wildman–Crippen LogP) is 1.99. The van der Waals surface area contributed by atoms with Crippen molar-refractivity contribution in [3.05, 3.63) is 75.5 Å². The van der Waals surface area contributed by atoms with Crippen LogP contribution in [0.2, 0.25) is 0 Å². The maximum absolute atomic E-state index is 13.3. The Hall–Kier alpha value is -3.72. The third-order valence-electron chi connectivity index (χ3n) is 5.71. The van der Waals surface area contributed by atoms with Gasteiger partial charge in [0.05, 0.1) is 29.9 Å². The number of hydrogen-bond donors (Lipinski definition) is 2. The average Bonchev–Trinajstić information content (AvgIpc) is 3.49. The number of nitrogens with one attached hydrogen (secondary N) is 2. The first-order valence-corrected chi connectivity index (χ1v) is 10.5. The number of aryl methyl sites for hydroxylation is 1. The SMILES string of the molecule is Cc1ccc2nc3c(cc(C(=O)NC[C@H]4CCCO4)c(=N)n3Cc3ccco3)c(=O)n2c1. The molecule has 9 nitrogen and oxygen atoms in total. The molecule has 0 unspecified atom stereocenters. The van der Waals surface area contributed by atoms with Crippen LogP contribution in [0.15, 0.2) is 52.0 Å². The third kappa shape index (κ3) is 3.60. The van der Waals surface area contributed by atoms with Crippen molar-refractivity contribution in [2.75, 3.05) is 13.2 Å². The summed E-state index contributed by atoms with van der Waals surface area (Å²) in [5.41, 5.74) is 1.48. The Morgan fingerprint density at radius 3 is 2.97 bits per heavy atom. The fraction of sp³-hybridized carbons (Fsp3) is 0.304. The van der Waals surface area contributed by atoms with Crippen molar-refractivity contribution in [3.63, 3.8) is 0 Å². The molecule has 1 fully saturated rings. The van der Waals surface area contributed by atoms with E-state index in [2.05, 4.69) is 10.3 Å². The predicted molar refractivity (Wildman–Crippen MR) is 117 cm³/mol. The van der Waals surface area contributed by atoms with E-state index in [1.54, 1.807) is 30.7 Å². The molecule has 0 spiro atoms. The van der Waals surface area contributed by atoms with Gasteiger partial charge < -0.3 is 19.0 Å². The Labute approximate surface area is 182 Å². The van der Waals surface area contributed by atoms with E-state index in [0.29, 0.717) is 30.2 Å². The second-order valence-electron chi connectivity index (χ2n) is 8.01. The standard InChI is InChI=1S/C23H23N5O4/c1-14-6-7-19-26-21-18(23(30)27(19)12-14)10-17(22(29)25-11-15-4-2-8-31-15)20(24)28(21)13-16-5-3-9-32-16/h3,5-7,9-10,12,15,24H,2,4,8,11,13H2,1H3,(H,25,29)/t15-/m1/s1. The maximum Gasteiger partial charge on any atom is 0.267 e. The van der Waals surface area contributed by atoms with Crippen LogP contribution in [0.4, 0.5) is 0 Å². The summed E-state index contributed by atoms with van der Waals surface area (Å²) < 4.78 is 14.0. The van der Waals surface area contributed by atoms with Crippen LogP contribution in [0.3, 0.4) is 0 Å². The Morgan fingerprint density at radius 2 is 2.22 bits per heavy atom. The summed E-state index contributed by atoms with van der Waals surface area (Å²) >= 11 is 0. The Kier molecular flexibility index (Phi) is 5.10. The second kappa shape index (κ2) is 8.08. The van der Waals surface area contributed by atoms with E-state index in [-0.39, 0.29) is 34.6 Å². The van der Waals surface area contributed by atoms with Crippen LogP contribution in [0.25, 0.3) is 16.7 Å². The van der Waals surface area contributed by atoms with Gasteiger partial charge in [-0.25, -0.2) is 4.98 Å². The van der Waals surface area contributed by atoms with Crippen molar-refractivity contribution < 1.29 is 13.9 Å². The van der Waals surface area contributed by atoms with Gasteiger partial charge in [-0.05, 0) is 49.6 Å². The number of carbonyl (C=O) groups excluding carboxylic acids is 1. The van der Waals surface area contributed by atoms with Crippen molar-refractivity contribution >= 4 is 22.6 Å². The van der Waals surface area contributed by atoms with Gasteiger partial charge in [-0.1, -0.05) is 6.07 Å². The second-order valence-corrected chi connectivity index (χ2v) is 8.01. The zero-order valence-electron chi connectivity index (χ0n) is 17.6. The number of pyridine rings is 2. The van der Waals surface area contributed by atoms with Crippen LogP contribution >= 0.6 is 0 Å². The molecule has 2 N–H and O–H groups in total. The minimum atomic E-state index is -0.422. The third-order valence-corrected chi connectivity index (χ3v) is 5.71. The molecule has 0 aromatic carbocycles. The quantitative estimate of drug-likeness (QED) is 0.467. The number of ether oxygens (including phenoxy) is 1. The summed E-state index contributed by atoms with van der Waals surface area (Å²) in [7, 11) is 0. The number of hydrogen-bond acceptors (Lipinski definition) is 6. The first-order valence-electron chi connectivity index (χ1n) is 10.5. The molecule has 164 valence electrons. The fourth-order valence-electron chi connectivity index (χ4n) is 4.04. The molecule has 1 atom stereocenters. The lowest BCUT2D eigenvalue weighted by Gasteiger charge is -2.15. The number of amides is 1. The number of nitrogens with zero attached hydrogens (tertiary/aromatic N) is 3. The van der Waals surface area contributed by atoms with Gasteiger partial charge in [0, 0.05) is 19.3 Å². The highest BCUT2D eigenvalue weighted by molar-refractivity contribution is 5.96. The van der Waals surface area contributed by atoms with Gasteiger partial charge in [-0.3, -0.25) is 19.4 Å². The molecule has 1 aliphatic rings. The molecule has 32 heavy (non-hydrogen) atoms. The molecule has 1 saturated heterocycles. The maximum atomic E-state index is 13.3.